The minimum absolute atomic E-state index is 0.0697. The first-order chi connectivity index (χ1) is 11.7. The first-order valence-electron chi connectivity index (χ1n) is 8.25. The zero-order valence-corrected chi connectivity index (χ0v) is 14.2. The molecule has 2 aromatic carbocycles. The molecule has 0 radical (unpaired) electrons. The summed E-state index contributed by atoms with van der Waals surface area (Å²) in [6, 6.07) is 16.5. The number of thioether (sulfide) groups is 1. The molecule has 24 heavy (non-hydrogen) atoms. The lowest BCUT2D eigenvalue weighted by Gasteiger charge is -2.31. The van der Waals surface area contributed by atoms with E-state index >= 15 is 0 Å². The fraction of sp³-hybridized carbons (Fsp3) is 0.300. The van der Waals surface area contributed by atoms with E-state index in [-0.39, 0.29) is 16.3 Å². The Morgan fingerprint density at radius 1 is 0.917 bits per heavy atom. The summed E-state index contributed by atoms with van der Waals surface area (Å²) in [5, 5.41) is 9.67. The van der Waals surface area contributed by atoms with Gasteiger partial charge in [-0.25, -0.2) is 4.79 Å². The summed E-state index contributed by atoms with van der Waals surface area (Å²) in [5.74, 6) is -0.780. The lowest BCUT2D eigenvalue weighted by molar-refractivity contribution is 0.0694. The maximum Gasteiger partial charge on any atom is 0.335 e. The third-order valence-corrected chi connectivity index (χ3v) is 5.88. The number of rotatable bonds is 4. The molecule has 0 bridgehead atoms. The zero-order valence-electron chi connectivity index (χ0n) is 13.4. The van der Waals surface area contributed by atoms with E-state index in [9.17, 15) is 14.7 Å². The monoisotopic (exact) mass is 340 g/mol. The third-order valence-electron chi connectivity index (χ3n) is 4.56. The van der Waals surface area contributed by atoms with Gasteiger partial charge in [0.15, 0.2) is 0 Å². The van der Waals surface area contributed by atoms with Crippen molar-refractivity contribution in [2.45, 2.75) is 36.9 Å². The molecule has 1 fully saturated rings. The van der Waals surface area contributed by atoms with Gasteiger partial charge in [-0.1, -0.05) is 73.1 Å². The predicted molar refractivity (Wildman–Crippen MR) is 96.8 cm³/mol. The highest BCUT2D eigenvalue weighted by Crippen LogP contribution is 2.42. The van der Waals surface area contributed by atoms with Crippen molar-refractivity contribution in [3.8, 4) is 0 Å². The molecule has 4 heteroatoms. The average Bonchev–Trinajstić information content (AvgIpc) is 2.63. The maximum atomic E-state index is 12.6. The Morgan fingerprint density at radius 2 is 1.58 bits per heavy atom. The van der Waals surface area contributed by atoms with Crippen LogP contribution >= 0.6 is 11.8 Å². The molecule has 1 aliphatic carbocycles. The Balaban J connectivity index is 1.84. The zero-order chi connectivity index (χ0) is 16.9. The minimum atomic E-state index is -0.894. The van der Waals surface area contributed by atoms with E-state index in [0.29, 0.717) is 11.1 Å². The highest BCUT2D eigenvalue weighted by atomic mass is 32.2. The first-order valence-corrected chi connectivity index (χ1v) is 9.13. The van der Waals surface area contributed by atoms with Gasteiger partial charge in [-0.2, -0.15) is 0 Å². The van der Waals surface area contributed by atoms with E-state index in [1.165, 1.54) is 11.8 Å². The van der Waals surface area contributed by atoms with Gasteiger partial charge in [0, 0.05) is 10.8 Å². The highest BCUT2D eigenvalue weighted by molar-refractivity contribution is 8.14. The van der Waals surface area contributed by atoms with Crippen molar-refractivity contribution in [1.29, 1.82) is 0 Å². The molecule has 0 aliphatic heterocycles. The number of aromatic carboxylic acids is 1. The van der Waals surface area contributed by atoms with Crippen LogP contribution in [0.15, 0.2) is 54.6 Å². The summed E-state index contributed by atoms with van der Waals surface area (Å²) in [6.07, 6.45) is 4.05. The smallest absolute Gasteiger partial charge is 0.335 e. The first kappa shape index (κ1) is 16.8. The Labute approximate surface area is 146 Å². The van der Waals surface area contributed by atoms with Crippen molar-refractivity contribution < 1.29 is 14.7 Å². The third kappa shape index (κ3) is 3.70. The van der Waals surface area contributed by atoms with Gasteiger partial charge >= 0.3 is 5.97 Å². The van der Waals surface area contributed by atoms with Crippen LogP contribution in [0.1, 0.15) is 57.9 Å². The molecular formula is C20H20O3S. The lowest BCUT2D eigenvalue weighted by Crippen LogP contribution is -2.23. The Kier molecular flexibility index (Phi) is 5.36. The van der Waals surface area contributed by atoms with Gasteiger partial charge < -0.3 is 5.11 Å². The van der Waals surface area contributed by atoms with Crippen molar-refractivity contribution in [3.05, 3.63) is 71.3 Å². The molecule has 1 N–H and O–H groups in total. The molecule has 2 atom stereocenters. The quantitative estimate of drug-likeness (QED) is 0.852. The van der Waals surface area contributed by atoms with Crippen LogP contribution in [0.3, 0.4) is 0 Å². The van der Waals surface area contributed by atoms with E-state index in [0.717, 1.165) is 31.2 Å². The highest BCUT2D eigenvalue weighted by Gasteiger charge is 2.31. The molecule has 0 heterocycles. The van der Waals surface area contributed by atoms with E-state index in [1.54, 1.807) is 12.1 Å². The Bertz CT molecular complexity index is 727. The molecule has 3 nitrogen and oxygen atoms in total. The van der Waals surface area contributed by atoms with Crippen molar-refractivity contribution >= 4 is 22.8 Å². The van der Waals surface area contributed by atoms with Crippen LogP contribution in [0.4, 0.5) is 0 Å². The largest absolute Gasteiger partial charge is 0.478 e. The summed E-state index contributed by atoms with van der Waals surface area (Å²) in [4.78, 5) is 24.1. The number of carboxylic acids is 1. The van der Waals surface area contributed by atoms with E-state index < -0.39 is 5.97 Å². The van der Waals surface area contributed by atoms with Crippen LogP contribution in [-0.2, 0) is 0 Å². The van der Waals surface area contributed by atoms with Crippen LogP contribution < -0.4 is 0 Å². The Morgan fingerprint density at radius 3 is 2.33 bits per heavy atom. The number of hydrogen-bond acceptors (Lipinski definition) is 3. The van der Waals surface area contributed by atoms with Gasteiger partial charge in [0.25, 0.3) is 0 Å². The van der Waals surface area contributed by atoms with Crippen LogP contribution in [0, 0.1) is 0 Å². The van der Waals surface area contributed by atoms with E-state index in [2.05, 4.69) is 0 Å². The molecule has 0 spiro atoms. The summed E-state index contributed by atoms with van der Waals surface area (Å²) in [5.41, 5.74) is 1.93. The van der Waals surface area contributed by atoms with Gasteiger partial charge in [0.1, 0.15) is 0 Å². The molecule has 3 rings (SSSR count). The fourth-order valence-electron chi connectivity index (χ4n) is 3.39. The van der Waals surface area contributed by atoms with Crippen molar-refractivity contribution in [3.63, 3.8) is 0 Å². The molecule has 0 saturated heterocycles. The maximum absolute atomic E-state index is 12.6. The number of carboxylic acid groups (broad SMARTS) is 1. The van der Waals surface area contributed by atoms with Crippen LogP contribution in [0.25, 0.3) is 0 Å². The number of carbonyl (C=O) groups excluding carboxylic acids is 1. The van der Waals surface area contributed by atoms with Crippen LogP contribution in [0.2, 0.25) is 0 Å². The second-order valence-electron chi connectivity index (χ2n) is 6.09. The van der Waals surface area contributed by atoms with Gasteiger partial charge in [-0.05, 0) is 30.4 Å². The van der Waals surface area contributed by atoms with Gasteiger partial charge in [-0.3, -0.25) is 4.79 Å². The molecule has 0 aromatic heterocycles. The lowest BCUT2D eigenvalue weighted by atomic mass is 9.81. The van der Waals surface area contributed by atoms with Gasteiger partial charge in [0.2, 0.25) is 5.12 Å². The number of carbonyl (C=O) groups is 2. The summed E-state index contributed by atoms with van der Waals surface area (Å²) in [6.45, 7) is 0. The SMILES string of the molecule is O=C(SC1CCCCC1c1ccccc1C(=O)O)c1ccccc1. The normalized spacial score (nSPS) is 20.5. The topological polar surface area (TPSA) is 54.4 Å². The average molecular weight is 340 g/mol. The van der Waals surface area contributed by atoms with Crippen molar-refractivity contribution in [2.75, 3.05) is 0 Å². The summed E-state index contributed by atoms with van der Waals surface area (Å²) in [7, 11) is 0. The van der Waals surface area contributed by atoms with Crippen molar-refractivity contribution in [2.24, 2.45) is 0 Å². The second-order valence-corrected chi connectivity index (χ2v) is 7.31. The van der Waals surface area contributed by atoms with Crippen molar-refractivity contribution in [1.82, 2.24) is 0 Å². The van der Waals surface area contributed by atoms with Gasteiger partial charge in [0.05, 0.1) is 5.56 Å². The van der Waals surface area contributed by atoms with E-state index in [1.807, 2.05) is 42.5 Å². The predicted octanol–water partition coefficient (Wildman–Crippen LogP) is 4.98. The molecule has 124 valence electrons. The Hall–Kier alpha value is -2.07. The van der Waals surface area contributed by atoms with Crippen LogP contribution in [0.5, 0.6) is 0 Å². The summed E-state index contributed by atoms with van der Waals surface area (Å²) >= 11 is 1.37. The molecule has 2 unspecified atom stereocenters. The second kappa shape index (κ2) is 7.67. The van der Waals surface area contributed by atoms with Gasteiger partial charge in [-0.15, -0.1) is 0 Å². The molecule has 2 aromatic rings. The van der Waals surface area contributed by atoms with E-state index in [4.69, 9.17) is 0 Å². The molecule has 1 saturated carbocycles. The number of benzene rings is 2. The summed E-state index contributed by atoms with van der Waals surface area (Å²) < 4.78 is 0. The molecular weight excluding hydrogens is 320 g/mol. The fourth-order valence-corrected chi connectivity index (χ4v) is 4.67. The minimum Gasteiger partial charge on any atom is -0.478 e. The van der Waals surface area contributed by atoms with Crippen LogP contribution in [-0.4, -0.2) is 21.4 Å². The number of hydrogen-bond donors (Lipinski definition) is 1. The molecule has 1 aliphatic rings. The standard InChI is InChI=1S/C20H20O3S/c21-19(22)17-12-5-4-10-15(17)16-11-6-7-13-18(16)24-20(23)14-8-2-1-3-9-14/h1-5,8-10,12,16,18H,6-7,11,13H2,(H,21,22). The molecule has 0 amide bonds.